The van der Waals surface area contributed by atoms with E-state index in [9.17, 15) is 0 Å². The Morgan fingerprint density at radius 3 is 2.54 bits per heavy atom. The van der Waals surface area contributed by atoms with Crippen LogP contribution in [0.25, 0.3) is 11.3 Å². The van der Waals surface area contributed by atoms with Gasteiger partial charge < -0.3 is 5.32 Å². The predicted octanol–water partition coefficient (Wildman–Crippen LogP) is 3.07. The van der Waals surface area contributed by atoms with Crippen LogP contribution in [0.5, 0.6) is 0 Å². The molecular weight excluding hydrogens is 298 g/mol. The highest BCUT2D eigenvalue weighted by atomic mass is 15.3. The zero-order valence-electron chi connectivity index (χ0n) is 14.8. The van der Waals surface area contributed by atoms with Gasteiger partial charge in [0.1, 0.15) is 0 Å². The number of aromatic amines is 1. The maximum absolute atomic E-state index is 4.47. The van der Waals surface area contributed by atoms with Crippen LogP contribution in [0.4, 0.5) is 0 Å². The fourth-order valence-electron chi connectivity index (χ4n) is 3.03. The van der Waals surface area contributed by atoms with E-state index in [1.807, 2.05) is 17.9 Å². The lowest BCUT2D eigenvalue weighted by atomic mass is 10.1. The maximum atomic E-state index is 4.47. The molecule has 5 nitrogen and oxygen atoms in total. The molecule has 0 fully saturated rings. The Bertz CT molecular complexity index is 811. The lowest BCUT2D eigenvalue weighted by Gasteiger charge is -2.07. The van der Waals surface area contributed by atoms with E-state index in [0.29, 0.717) is 0 Å². The minimum Gasteiger partial charge on any atom is -0.312 e. The van der Waals surface area contributed by atoms with Crippen LogP contribution in [0.2, 0.25) is 0 Å². The SMILES string of the molecule is Cc1ccc(-c2[nH]ncc2CNCCc2c(C)nn(C)c2C)cc1. The fraction of sp³-hybridized carbons (Fsp3) is 0.368. The number of H-pyrrole nitrogens is 1. The van der Waals surface area contributed by atoms with E-state index in [1.165, 1.54) is 27.9 Å². The fourth-order valence-corrected chi connectivity index (χ4v) is 3.03. The van der Waals surface area contributed by atoms with Gasteiger partial charge in [-0.25, -0.2) is 0 Å². The van der Waals surface area contributed by atoms with Gasteiger partial charge in [-0.05, 0) is 44.9 Å². The number of hydrogen-bond acceptors (Lipinski definition) is 3. The molecule has 0 aliphatic heterocycles. The van der Waals surface area contributed by atoms with Crippen molar-refractivity contribution in [2.75, 3.05) is 6.54 Å². The van der Waals surface area contributed by atoms with Crippen LogP contribution < -0.4 is 5.32 Å². The van der Waals surface area contributed by atoms with Crippen molar-refractivity contribution in [3.63, 3.8) is 0 Å². The standard InChI is InChI=1S/C19H25N5/c1-13-5-7-16(8-6-13)19-17(12-21-22-19)11-20-10-9-18-14(2)23-24(4)15(18)3/h5-8,12,20H,9-11H2,1-4H3,(H,21,22). The summed E-state index contributed by atoms with van der Waals surface area (Å²) >= 11 is 0. The van der Waals surface area contributed by atoms with E-state index < -0.39 is 0 Å². The molecule has 24 heavy (non-hydrogen) atoms. The highest BCUT2D eigenvalue weighted by Crippen LogP contribution is 2.21. The van der Waals surface area contributed by atoms with Gasteiger partial charge in [-0.15, -0.1) is 0 Å². The van der Waals surface area contributed by atoms with Crippen molar-refractivity contribution in [2.24, 2.45) is 7.05 Å². The molecule has 0 aliphatic carbocycles. The minimum atomic E-state index is 0.804. The first-order valence-corrected chi connectivity index (χ1v) is 8.35. The maximum Gasteiger partial charge on any atom is 0.0695 e. The van der Waals surface area contributed by atoms with E-state index in [1.54, 1.807) is 0 Å². The van der Waals surface area contributed by atoms with Gasteiger partial charge in [-0.1, -0.05) is 29.8 Å². The van der Waals surface area contributed by atoms with E-state index in [4.69, 9.17) is 0 Å². The molecule has 0 aliphatic rings. The number of hydrogen-bond donors (Lipinski definition) is 2. The van der Waals surface area contributed by atoms with E-state index >= 15 is 0 Å². The summed E-state index contributed by atoms with van der Waals surface area (Å²) in [7, 11) is 2.00. The van der Waals surface area contributed by atoms with Gasteiger partial charge in [0.2, 0.25) is 0 Å². The third kappa shape index (κ3) is 3.41. The first-order chi connectivity index (χ1) is 11.6. The zero-order valence-corrected chi connectivity index (χ0v) is 14.8. The summed E-state index contributed by atoms with van der Waals surface area (Å²) in [4.78, 5) is 0. The number of nitrogens with one attached hydrogen (secondary N) is 2. The molecule has 2 aromatic heterocycles. The second kappa shape index (κ2) is 7.01. The molecule has 0 amide bonds. The van der Waals surface area contributed by atoms with E-state index in [2.05, 4.69) is 65.6 Å². The Labute approximate surface area is 143 Å². The van der Waals surface area contributed by atoms with Gasteiger partial charge in [-0.3, -0.25) is 9.78 Å². The molecule has 3 aromatic rings. The third-order valence-electron chi connectivity index (χ3n) is 4.58. The largest absolute Gasteiger partial charge is 0.312 e. The van der Waals surface area contributed by atoms with Crippen LogP contribution in [-0.4, -0.2) is 26.5 Å². The topological polar surface area (TPSA) is 58.5 Å². The van der Waals surface area contributed by atoms with Crippen molar-refractivity contribution in [3.8, 4) is 11.3 Å². The van der Waals surface area contributed by atoms with Crippen LogP contribution in [-0.2, 0) is 20.0 Å². The number of rotatable bonds is 6. The first kappa shape index (κ1) is 16.5. The summed E-state index contributed by atoms with van der Waals surface area (Å²) in [5, 5.41) is 15.3. The van der Waals surface area contributed by atoms with Crippen LogP contribution in [0.15, 0.2) is 30.5 Å². The molecule has 0 radical (unpaired) electrons. The van der Waals surface area contributed by atoms with Gasteiger partial charge in [0.25, 0.3) is 0 Å². The number of benzene rings is 1. The molecule has 3 rings (SSSR count). The summed E-state index contributed by atoms with van der Waals surface area (Å²) in [6.45, 7) is 8.03. The molecule has 0 unspecified atom stereocenters. The van der Waals surface area contributed by atoms with Crippen molar-refractivity contribution in [3.05, 3.63) is 58.5 Å². The van der Waals surface area contributed by atoms with Crippen LogP contribution in [0.1, 0.15) is 28.1 Å². The Balaban J connectivity index is 1.60. The Kier molecular flexibility index (Phi) is 4.81. The first-order valence-electron chi connectivity index (χ1n) is 8.35. The molecule has 2 heterocycles. The van der Waals surface area contributed by atoms with Crippen LogP contribution in [0.3, 0.4) is 0 Å². The Hall–Kier alpha value is -2.40. The molecular formula is C19H25N5. The third-order valence-corrected chi connectivity index (χ3v) is 4.58. The van der Waals surface area contributed by atoms with Gasteiger partial charge in [0.05, 0.1) is 17.6 Å². The van der Waals surface area contributed by atoms with Crippen molar-refractivity contribution in [1.82, 2.24) is 25.3 Å². The van der Waals surface area contributed by atoms with Crippen molar-refractivity contribution >= 4 is 0 Å². The average Bonchev–Trinajstić information content (AvgIpc) is 3.11. The predicted molar refractivity (Wildman–Crippen MR) is 96.9 cm³/mol. The quantitative estimate of drug-likeness (QED) is 0.686. The summed E-state index contributed by atoms with van der Waals surface area (Å²) in [5.41, 5.74) is 8.44. The molecule has 126 valence electrons. The normalized spacial score (nSPS) is 11.2. The molecule has 0 bridgehead atoms. The second-order valence-corrected chi connectivity index (χ2v) is 6.34. The van der Waals surface area contributed by atoms with Crippen molar-refractivity contribution in [1.29, 1.82) is 0 Å². The van der Waals surface area contributed by atoms with Crippen LogP contribution in [0, 0.1) is 20.8 Å². The molecule has 2 N–H and O–H groups in total. The summed E-state index contributed by atoms with van der Waals surface area (Å²) in [6, 6.07) is 8.52. The van der Waals surface area contributed by atoms with Gasteiger partial charge in [0, 0.05) is 24.8 Å². The zero-order chi connectivity index (χ0) is 17.1. The number of nitrogens with zero attached hydrogens (tertiary/aromatic N) is 3. The average molecular weight is 323 g/mol. The summed E-state index contributed by atoms with van der Waals surface area (Å²) < 4.78 is 1.95. The van der Waals surface area contributed by atoms with Crippen molar-refractivity contribution in [2.45, 2.75) is 33.7 Å². The molecule has 1 aromatic carbocycles. The Morgan fingerprint density at radius 1 is 1.12 bits per heavy atom. The molecule has 0 saturated carbocycles. The highest BCUT2D eigenvalue weighted by molar-refractivity contribution is 5.62. The summed E-state index contributed by atoms with van der Waals surface area (Å²) in [5.74, 6) is 0. The van der Waals surface area contributed by atoms with E-state index in [0.717, 1.165) is 30.9 Å². The number of aryl methyl sites for hydroxylation is 3. The van der Waals surface area contributed by atoms with Gasteiger partial charge in [-0.2, -0.15) is 10.2 Å². The minimum absolute atomic E-state index is 0.804. The van der Waals surface area contributed by atoms with Gasteiger partial charge in [0.15, 0.2) is 0 Å². The Morgan fingerprint density at radius 2 is 1.88 bits per heavy atom. The molecule has 0 saturated heterocycles. The summed E-state index contributed by atoms with van der Waals surface area (Å²) in [6.07, 6.45) is 2.89. The molecule has 0 atom stereocenters. The van der Waals surface area contributed by atoms with E-state index in [-0.39, 0.29) is 0 Å². The monoisotopic (exact) mass is 323 g/mol. The highest BCUT2D eigenvalue weighted by Gasteiger charge is 2.10. The number of aromatic nitrogens is 4. The van der Waals surface area contributed by atoms with Gasteiger partial charge >= 0.3 is 0 Å². The smallest absolute Gasteiger partial charge is 0.0695 e. The van der Waals surface area contributed by atoms with Crippen LogP contribution >= 0.6 is 0 Å². The second-order valence-electron chi connectivity index (χ2n) is 6.34. The lowest BCUT2D eigenvalue weighted by Crippen LogP contribution is -2.17. The lowest BCUT2D eigenvalue weighted by molar-refractivity contribution is 0.683. The van der Waals surface area contributed by atoms with Crippen molar-refractivity contribution < 1.29 is 0 Å². The molecule has 5 heteroatoms. The molecule has 0 spiro atoms.